The van der Waals surface area contributed by atoms with Crippen molar-refractivity contribution in [2.24, 2.45) is 10.7 Å². The number of benzene rings is 1. The average Bonchev–Trinajstić information content (AvgIpc) is 2.66. The van der Waals surface area contributed by atoms with E-state index in [0.717, 1.165) is 43.4 Å². The molecule has 1 aromatic heterocycles. The molecule has 2 aromatic rings. The largest absolute Gasteiger partial charge is 0.370 e. The van der Waals surface area contributed by atoms with Gasteiger partial charge in [-0.15, -0.1) is 0 Å². The first-order valence-electron chi connectivity index (χ1n) is 9.61. The molecule has 1 atom stereocenters. The summed E-state index contributed by atoms with van der Waals surface area (Å²) in [5, 5.41) is 0. The normalized spacial score (nSPS) is 21.7. The summed E-state index contributed by atoms with van der Waals surface area (Å²) < 4.78 is 0. The molecule has 2 N–H and O–H groups in total. The third-order valence-electron chi connectivity index (χ3n) is 5.85. The molecule has 0 saturated carbocycles. The number of hydrogen-bond acceptors (Lipinski definition) is 5. The molecule has 140 valence electrons. The number of carbonyl (C=O) groups excluding carboxylic acids is 1. The first-order valence-corrected chi connectivity index (χ1v) is 9.61. The van der Waals surface area contributed by atoms with Gasteiger partial charge in [-0.25, -0.2) is 4.99 Å². The number of nitrogens with zero attached hydrogens (tertiary/aromatic N) is 3. The lowest BCUT2D eigenvalue weighted by Crippen LogP contribution is -2.46. The first kappa shape index (κ1) is 17.7. The molecular weight excluding hydrogens is 336 g/mol. The van der Waals surface area contributed by atoms with Crippen LogP contribution in [0.3, 0.4) is 0 Å². The second-order valence-corrected chi connectivity index (χ2v) is 7.84. The van der Waals surface area contributed by atoms with Gasteiger partial charge in [-0.1, -0.05) is 24.3 Å². The average molecular weight is 362 g/mol. The Labute approximate surface area is 160 Å². The van der Waals surface area contributed by atoms with Crippen molar-refractivity contribution in [3.63, 3.8) is 0 Å². The summed E-state index contributed by atoms with van der Waals surface area (Å²) in [5.41, 5.74) is 11.1. The third-order valence-corrected chi connectivity index (χ3v) is 5.85. The molecule has 2 aliphatic rings. The third kappa shape index (κ3) is 3.34. The van der Waals surface area contributed by atoms with Gasteiger partial charge in [0.25, 0.3) is 0 Å². The lowest BCUT2D eigenvalue weighted by molar-refractivity contribution is 0.0988. The number of aliphatic imine (C=N–C) groups is 1. The Kier molecular flexibility index (Phi) is 4.46. The highest BCUT2D eigenvalue weighted by atomic mass is 16.1. The summed E-state index contributed by atoms with van der Waals surface area (Å²) in [6.07, 6.45) is 6.28. The molecule has 0 bridgehead atoms. The number of carbonyl (C=O) groups is 1. The van der Waals surface area contributed by atoms with Gasteiger partial charge in [0.1, 0.15) is 5.69 Å². The molecule has 27 heavy (non-hydrogen) atoms. The molecule has 1 spiro atoms. The SMILES string of the molecule is Cc1ccc(C(=O)Cc2ccc3c(c2)[C@]2(CCC3)CCN(C)C(N)=N2)nc1. The number of nitrogens with two attached hydrogens (primary N) is 1. The second-order valence-electron chi connectivity index (χ2n) is 7.84. The predicted molar refractivity (Wildman–Crippen MR) is 107 cm³/mol. The maximum atomic E-state index is 12.6. The van der Waals surface area contributed by atoms with Gasteiger partial charge < -0.3 is 10.6 Å². The van der Waals surface area contributed by atoms with Gasteiger partial charge in [0.2, 0.25) is 0 Å². The van der Waals surface area contributed by atoms with Crippen LogP contribution in [0.2, 0.25) is 0 Å². The van der Waals surface area contributed by atoms with Crippen LogP contribution < -0.4 is 5.73 Å². The minimum atomic E-state index is -0.231. The summed E-state index contributed by atoms with van der Waals surface area (Å²) in [6.45, 7) is 2.88. The Morgan fingerprint density at radius 2 is 2.11 bits per heavy atom. The molecule has 1 aliphatic carbocycles. The number of fused-ring (bicyclic) bond motifs is 2. The van der Waals surface area contributed by atoms with E-state index in [0.29, 0.717) is 18.1 Å². The maximum Gasteiger partial charge on any atom is 0.191 e. The maximum absolute atomic E-state index is 12.6. The van der Waals surface area contributed by atoms with Crippen LogP contribution in [0, 0.1) is 6.92 Å². The van der Waals surface area contributed by atoms with E-state index in [9.17, 15) is 4.79 Å². The molecule has 4 rings (SSSR count). The number of hydrogen-bond donors (Lipinski definition) is 1. The van der Waals surface area contributed by atoms with E-state index in [4.69, 9.17) is 10.7 Å². The van der Waals surface area contributed by atoms with Gasteiger partial charge in [0.15, 0.2) is 11.7 Å². The second kappa shape index (κ2) is 6.80. The van der Waals surface area contributed by atoms with E-state index in [1.807, 2.05) is 24.9 Å². The molecule has 5 heteroatoms. The Morgan fingerprint density at radius 1 is 1.26 bits per heavy atom. The van der Waals surface area contributed by atoms with Gasteiger partial charge in [-0.05, 0) is 60.9 Å². The van der Waals surface area contributed by atoms with E-state index in [2.05, 4.69) is 23.2 Å². The van der Waals surface area contributed by atoms with Crippen molar-refractivity contribution in [3.8, 4) is 0 Å². The Balaban J connectivity index is 1.65. The van der Waals surface area contributed by atoms with E-state index in [1.165, 1.54) is 11.1 Å². The highest BCUT2D eigenvalue weighted by Gasteiger charge is 2.39. The van der Waals surface area contributed by atoms with Gasteiger partial charge in [0, 0.05) is 26.2 Å². The number of aryl methyl sites for hydroxylation is 2. The monoisotopic (exact) mass is 362 g/mol. The Morgan fingerprint density at radius 3 is 2.85 bits per heavy atom. The van der Waals surface area contributed by atoms with Crippen molar-refractivity contribution in [3.05, 3.63) is 64.5 Å². The molecule has 2 heterocycles. The van der Waals surface area contributed by atoms with Gasteiger partial charge in [0.05, 0.1) is 5.54 Å². The lowest BCUT2D eigenvalue weighted by Gasteiger charge is -2.41. The molecule has 5 nitrogen and oxygen atoms in total. The number of pyridine rings is 1. The summed E-state index contributed by atoms with van der Waals surface area (Å²) in [7, 11) is 1.99. The van der Waals surface area contributed by atoms with Crippen molar-refractivity contribution in [2.45, 2.75) is 44.6 Å². The zero-order valence-corrected chi connectivity index (χ0v) is 16.0. The zero-order chi connectivity index (χ0) is 19.0. The van der Waals surface area contributed by atoms with Crippen molar-refractivity contribution < 1.29 is 4.79 Å². The predicted octanol–water partition coefficient (Wildman–Crippen LogP) is 3.00. The standard InChI is InChI=1S/C22H26N4O/c1-15-5-8-19(24-14-15)20(27)13-16-6-7-17-4-3-9-22(18(17)12-16)10-11-26(2)21(23)25-22/h5-8,12,14H,3-4,9-11,13H2,1-2H3,(H2,23,25)/t22-/m0/s1. The van der Waals surface area contributed by atoms with Crippen LogP contribution in [0.5, 0.6) is 0 Å². The van der Waals surface area contributed by atoms with Gasteiger partial charge in [-0.2, -0.15) is 0 Å². The topological polar surface area (TPSA) is 71.6 Å². The van der Waals surface area contributed by atoms with Crippen molar-refractivity contribution in [2.75, 3.05) is 13.6 Å². The number of guanidine groups is 1. The molecule has 0 unspecified atom stereocenters. The molecular formula is C22H26N4O. The van der Waals surface area contributed by atoms with E-state index in [-0.39, 0.29) is 11.3 Å². The van der Waals surface area contributed by atoms with E-state index < -0.39 is 0 Å². The van der Waals surface area contributed by atoms with Crippen LogP contribution in [0.4, 0.5) is 0 Å². The molecule has 1 aromatic carbocycles. The van der Waals surface area contributed by atoms with Gasteiger partial charge >= 0.3 is 0 Å². The highest BCUT2D eigenvalue weighted by molar-refractivity contribution is 5.95. The minimum absolute atomic E-state index is 0.0474. The summed E-state index contributed by atoms with van der Waals surface area (Å²) in [6, 6.07) is 10.2. The van der Waals surface area contributed by atoms with Crippen LogP contribution in [-0.4, -0.2) is 35.2 Å². The Hall–Kier alpha value is -2.69. The summed E-state index contributed by atoms with van der Waals surface area (Å²) in [5.74, 6) is 0.658. The molecule has 0 saturated heterocycles. The van der Waals surface area contributed by atoms with Crippen LogP contribution in [0.25, 0.3) is 0 Å². The van der Waals surface area contributed by atoms with Gasteiger partial charge in [-0.3, -0.25) is 9.78 Å². The molecule has 0 fully saturated rings. The number of rotatable bonds is 3. The van der Waals surface area contributed by atoms with E-state index in [1.54, 1.807) is 12.3 Å². The zero-order valence-electron chi connectivity index (χ0n) is 16.0. The first-order chi connectivity index (χ1) is 13.0. The Bertz CT molecular complexity index is 903. The fourth-order valence-electron chi connectivity index (χ4n) is 4.20. The van der Waals surface area contributed by atoms with E-state index >= 15 is 0 Å². The molecule has 0 radical (unpaired) electrons. The van der Waals surface area contributed by atoms with Crippen LogP contribution in [0.1, 0.15) is 52.0 Å². The van der Waals surface area contributed by atoms with Crippen molar-refractivity contribution in [1.82, 2.24) is 9.88 Å². The summed E-state index contributed by atoms with van der Waals surface area (Å²) >= 11 is 0. The number of ketones is 1. The number of aromatic nitrogens is 1. The lowest BCUT2D eigenvalue weighted by atomic mass is 9.73. The smallest absolute Gasteiger partial charge is 0.191 e. The fourth-order valence-corrected chi connectivity index (χ4v) is 4.20. The molecule has 0 amide bonds. The van der Waals surface area contributed by atoms with Crippen LogP contribution >= 0.6 is 0 Å². The van der Waals surface area contributed by atoms with Crippen LogP contribution in [-0.2, 0) is 18.4 Å². The number of Topliss-reactive ketones (excluding diaryl/α,β-unsaturated/α-hetero) is 1. The summed E-state index contributed by atoms with van der Waals surface area (Å²) in [4.78, 5) is 23.8. The quantitative estimate of drug-likeness (QED) is 0.852. The van der Waals surface area contributed by atoms with Crippen molar-refractivity contribution >= 4 is 11.7 Å². The highest BCUT2D eigenvalue weighted by Crippen LogP contribution is 2.43. The van der Waals surface area contributed by atoms with Crippen LogP contribution in [0.15, 0.2) is 41.5 Å². The van der Waals surface area contributed by atoms with Crippen molar-refractivity contribution in [1.29, 1.82) is 0 Å². The fraction of sp³-hybridized carbons (Fsp3) is 0.409. The molecule has 1 aliphatic heterocycles. The minimum Gasteiger partial charge on any atom is -0.370 e.